The van der Waals surface area contributed by atoms with Gasteiger partial charge in [-0.2, -0.15) is 0 Å². The standard InChI is InChI=1S/C9H18N2O2/c1-2-11-5-3-4-7(6-11)8(10)9(12)13/h7-8H,2-6,10H2,1H3,(H,12,13). The van der Waals surface area contributed by atoms with E-state index in [-0.39, 0.29) is 5.92 Å². The van der Waals surface area contributed by atoms with Crippen molar-refractivity contribution >= 4 is 5.97 Å². The van der Waals surface area contributed by atoms with Crippen molar-refractivity contribution in [3.63, 3.8) is 0 Å². The van der Waals surface area contributed by atoms with Gasteiger partial charge < -0.3 is 15.7 Å². The van der Waals surface area contributed by atoms with E-state index in [2.05, 4.69) is 11.8 Å². The number of carbonyl (C=O) groups is 1. The molecule has 0 aromatic heterocycles. The molecule has 0 radical (unpaired) electrons. The maximum Gasteiger partial charge on any atom is 0.320 e. The Morgan fingerprint density at radius 3 is 3.00 bits per heavy atom. The van der Waals surface area contributed by atoms with E-state index in [1.807, 2.05) is 0 Å². The Hall–Kier alpha value is -0.610. The molecule has 2 unspecified atom stereocenters. The van der Waals surface area contributed by atoms with Crippen LogP contribution in [0, 0.1) is 5.92 Å². The van der Waals surface area contributed by atoms with E-state index in [0.717, 1.165) is 32.5 Å². The zero-order chi connectivity index (χ0) is 9.84. The van der Waals surface area contributed by atoms with E-state index in [1.54, 1.807) is 0 Å². The summed E-state index contributed by atoms with van der Waals surface area (Å²) in [6.45, 7) is 5.00. The molecule has 0 spiro atoms. The number of hydrogen-bond acceptors (Lipinski definition) is 3. The molecular weight excluding hydrogens is 168 g/mol. The second-order valence-corrected chi connectivity index (χ2v) is 3.66. The first-order valence-corrected chi connectivity index (χ1v) is 4.86. The lowest BCUT2D eigenvalue weighted by Gasteiger charge is -2.33. The highest BCUT2D eigenvalue weighted by molar-refractivity contribution is 5.73. The van der Waals surface area contributed by atoms with Crippen molar-refractivity contribution in [1.29, 1.82) is 0 Å². The SMILES string of the molecule is CCN1CCCC(C(N)C(=O)O)C1. The van der Waals surface area contributed by atoms with Crippen LogP contribution in [0.5, 0.6) is 0 Å². The molecule has 1 heterocycles. The first-order chi connectivity index (χ1) is 6.15. The molecule has 1 aliphatic heterocycles. The van der Waals surface area contributed by atoms with Crippen LogP contribution in [0.4, 0.5) is 0 Å². The van der Waals surface area contributed by atoms with Crippen molar-refractivity contribution in [2.75, 3.05) is 19.6 Å². The smallest absolute Gasteiger partial charge is 0.320 e. The maximum absolute atomic E-state index is 10.7. The number of aliphatic carboxylic acids is 1. The van der Waals surface area contributed by atoms with Gasteiger partial charge in [-0.3, -0.25) is 4.79 Å². The number of nitrogens with zero attached hydrogens (tertiary/aromatic N) is 1. The molecular formula is C9H18N2O2. The van der Waals surface area contributed by atoms with E-state index in [9.17, 15) is 4.79 Å². The molecule has 76 valence electrons. The second-order valence-electron chi connectivity index (χ2n) is 3.66. The van der Waals surface area contributed by atoms with Crippen molar-refractivity contribution in [3.8, 4) is 0 Å². The van der Waals surface area contributed by atoms with Crippen LogP contribution in [0.25, 0.3) is 0 Å². The lowest BCUT2D eigenvalue weighted by Crippen LogP contribution is -2.47. The van der Waals surface area contributed by atoms with E-state index < -0.39 is 12.0 Å². The third-order valence-electron chi connectivity index (χ3n) is 2.78. The Labute approximate surface area is 78.7 Å². The van der Waals surface area contributed by atoms with Gasteiger partial charge in [0.05, 0.1) is 0 Å². The van der Waals surface area contributed by atoms with E-state index in [4.69, 9.17) is 10.8 Å². The Balaban J connectivity index is 2.46. The van der Waals surface area contributed by atoms with Gasteiger partial charge in [-0.15, -0.1) is 0 Å². The molecule has 0 saturated carbocycles. The van der Waals surface area contributed by atoms with Crippen LogP contribution in [0.3, 0.4) is 0 Å². The molecule has 0 aromatic carbocycles. The number of nitrogens with two attached hydrogens (primary N) is 1. The monoisotopic (exact) mass is 186 g/mol. The van der Waals surface area contributed by atoms with E-state index >= 15 is 0 Å². The summed E-state index contributed by atoms with van der Waals surface area (Å²) in [4.78, 5) is 12.9. The Bertz CT molecular complexity index is 184. The largest absolute Gasteiger partial charge is 0.480 e. The fourth-order valence-electron chi connectivity index (χ4n) is 1.87. The highest BCUT2D eigenvalue weighted by atomic mass is 16.4. The third kappa shape index (κ3) is 2.67. The number of carboxylic acids is 1. The van der Waals surface area contributed by atoms with Crippen LogP contribution in [-0.2, 0) is 4.79 Å². The molecule has 13 heavy (non-hydrogen) atoms. The molecule has 2 atom stereocenters. The molecule has 4 heteroatoms. The third-order valence-corrected chi connectivity index (χ3v) is 2.78. The summed E-state index contributed by atoms with van der Waals surface area (Å²) in [6.07, 6.45) is 2.02. The maximum atomic E-state index is 10.7. The predicted molar refractivity (Wildman–Crippen MR) is 50.4 cm³/mol. The number of piperidine rings is 1. The number of rotatable bonds is 3. The normalized spacial score (nSPS) is 27.1. The average Bonchev–Trinajstić information content (AvgIpc) is 2.16. The second kappa shape index (κ2) is 4.58. The van der Waals surface area contributed by atoms with Crippen LogP contribution in [0.15, 0.2) is 0 Å². The molecule has 0 amide bonds. The van der Waals surface area contributed by atoms with Crippen molar-refractivity contribution in [2.45, 2.75) is 25.8 Å². The van der Waals surface area contributed by atoms with Gasteiger partial charge in [0.2, 0.25) is 0 Å². The molecule has 1 saturated heterocycles. The number of likely N-dealkylation sites (tertiary alicyclic amines) is 1. The van der Waals surface area contributed by atoms with Crippen LogP contribution in [0.2, 0.25) is 0 Å². The van der Waals surface area contributed by atoms with Crippen LogP contribution < -0.4 is 5.73 Å². The van der Waals surface area contributed by atoms with Crippen LogP contribution >= 0.6 is 0 Å². The van der Waals surface area contributed by atoms with Gasteiger partial charge in [0.15, 0.2) is 0 Å². The molecule has 1 aliphatic rings. The minimum Gasteiger partial charge on any atom is -0.480 e. The zero-order valence-corrected chi connectivity index (χ0v) is 8.07. The molecule has 0 bridgehead atoms. The van der Waals surface area contributed by atoms with E-state index in [0.29, 0.717) is 0 Å². The van der Waals surface area contributed by atoms with Crippen LogP contribution in [-0.4, -0.2) is 41.7 Å². The van der Waals surface area contributed by atoms with Gasteiger partial charge in [-0.1, -0.05) is 6.92 Å². The van der Waals surface area contributed by atoms with E-state index in [1.165, 1.54) is 0 Å². The van der Waals surface area contributed by atoms with Gasteiger partial charge in [0.1, 0.15) is 6.04 Å². The summed E-state index contributed by atoms with van der Waals surface area (Å²) in [6, 6.07) is -0.686. The Morgan fingerprint density at radius 2 is 2.46 bits per heavy atom. The fourth-order valence-corrected chi connectivity index (χ4v) is 1.87. The van der Waals surface area contributed by atoms with Crippen molar-refractivity contribution < 1.29 is 9.90 Å². The summed E-state index contributed by atoms with van der Waals surface area (Å²) in [5.41, 5.74) is 5.58. The molecule has 0 aliphatic carbocycles. The predicted octanol–water partition coefficient (Wildman–Crippen LogP) is 0.130. The summed E-state index contributed by atoms with van der Waals surface area (Å²) in [5, 5.41) is 8.75. The van der Waals surface area contributed by atoms with Crippen molar-refractivity contribution in [2.24, 2.45) is 11.7 Å². The van der Waals surface area contributed by atoms with Gasteiger partial charge in [0.25, 0.3) is 0 Å². The van der Waals surface area contributed by atoms with Crippen LogP contribution in [0.1, 0.15) is 19.8 Å². The van der Waals surface area contributed by atoms with Gasteiger partial charge in [0, 0.05) is 6.54 Å². The van der Waals surface area contributed by atoms with Crippen molar-refractivity contribution in [3.05, 3.63) is 0 Å². The first-order valence-electron chi connectivity index (χ1n) is 4.86. The quantitative estimate of drug-likeness (QED) is 0.657. The first kappa shape index (κ1) is 10.5. The summed E-state index contributed by atoms with van der Waals surface area (Å²) in [5.74, 6) is -0.742. The lowest BCUT2D eigenvalue weighted by molar-refractivity contribution is -0.140. The lowest BCUT2D eigenvalue weighted by atomic mass is 9.91. The summed E-state index contributed by atoms with van der Waals surface area (Å²) >= 11 is 0. The van der Waals surface area contributed by atoms with Gasteiger partial charge in [-0.25, -0.2) is 0 Å². The average molecular weight is 186 g/mol. The summed E-state index contributed by atoms with van der Waals surface area (Å²) < 4.78 is 0. The minimum atomic E-state index is -0.872. The molecule has 1 fully saturated rings. The highest BCUT2D eigenvalue weighted by Gasteiger charge is 2.28. The Morgan fingerprint density at radius 1 is 1.77 bits per heavy atom. The molecule has 3 N–H and O–H groups in total. The zero-order valence-electron chi connectivity index (χ0n) is 8.07. The minimum absolute atomic E-state index is 0.131. The topological polar surface area (TPSA) is 66.6 Å². The fraction of sp³-hybridized carbons (Fsp3) is 0.889. The highest BCUT2D eigenvalue weighted by Crippen LogP contribution is 2.18. The van der Waals surface area contributed by atoms with Gasteiger partial charge in [-0.05, 0) is 31.8 Å². The summed E-state index contributed by atoms with van der Waals surface area (Å²) in [7, 11) is 0. The molecule has 1 rings (SSSR count). The molecule has 0 aromatic rings. The molecule has 4 nitrogen and oxygen atoms in total. The number of carboxylic acid groups (broad SMARTS) is 1. The number of hydrogen-bond donors (Lipinski definition) is 2. The Kier molecular flexibility index (Phi) is 3.69. The van der Waals surface area contributed by atoms with Crippen molar-refractivity contribution in [1.82, 2.24) is 4.90 Å². The van der Waals surface area contributed by atoms with Gasteiger partial charge >= 0.3 is 5.97 Å².